The number of aliphatic hydroxyl groups excluding tert-OH is 1. The fourth-order valence-corrected chi connectivity index (χ4v) is 2.39. The summed E-state index contributed by atoms with van der Waals surface area (Å²) >= 11 is 3.31. The fraction of sp³-hybridized carbons (Fsp3) is 0.250. The van der Waals surface area contributed by atoms with Crippen molar-refractivity contribution in [1.82, 2.24) is 0 Å². The molecule has 20 heavy (non-hydrogen) atoms. The molecular weight excluding hydrogens is 323 g/mol. The first kappa shape index (κ1) is 15.0. The van der Waals surface area contributed by atoms with Crippen LogP contribution in [-0.4, -0.2) is 5.11 Å². The van der Waals surface area contributed by atoms with E-state index >= 15 is 0 Å². The van der Waals surface area contributed by atoms with E-state index in [1.807, 2.05) is 25.1 Å². The van der Waals surface area contributed by atoms with Gasteiger partial charge in [0.05, 0.1) is 6.10 Å². The lowest BCUT2D eigenvalue weighted by Crippen LogP contribution is -2.02. The van der Waals surface area contributed by atoms with Crippen LogP contribution in [0, 0.1) is 12.7 Å². The van der Waals surface area contributed by atoms with Gasteiger partial charge < -0.3 is 9.84 Å². The molecule has 2 aromatic rings. The number of hydrogen-bond acceptors (Lipinski definition) is 2. The van der Waals surface area contributed by atoms with Gasteiger partial charge in [0.2, 0.25) is 0 Å². The molecule has 106 valence electrons. The molecule has 0 heterocycles. The molecule has 0 unspecified atom stereocenters. The van der Waals surface area contributed by atoms with Crippen molar-refractivity contribution in [1.29, 1.82) is 0 Å². The normalized spacial score (nSPS) is 12.2. The first-order valence-corrected chi connectivity index (χ1v) is 7.12. The highest BCUT2D eigenvalue weighted by atomic mass is 79.9. The topological polar surface area (TPSA) is 29.5 Å². The Morgan fingerprint density at radius 2 is 2.00 bits per heavy atom. The van der Waals surface area contributed by atoms with Crippen molar-refractivity contribution in [2.45, 2.75) is 26.6 Å². The summed E-state index contributed by atoms with van der Waals surface area (Å²) in [5.74, 6) is 0.349. The van der Waals surface area contributed by atoms with Crippen LogP contribution >= 0.6 is 15.9 Å². The summed E-state index contributed by atoms with van der Waals surface area (Å²) < 4.78 is 19.4. The molecule has 0 aliphatic carbocycles. The molecule has 0 aliphatic rings. The van der Waals surface area contributed by atoms with Gasteiger partial charge in [0.1, 0.15) is 18.2 Å². The summed E-state index contributed by atoms with van der Waals surface area (Å²) in [6.45, 7) is 3.98. The summed E-state index contributed by atoms with van der Waals surface area (Å²) in [6.07, 6.45) is -0.596. The molecule has 0 aromatic heterocycles. The van der Waals surface area contributed by atoms with Crippen molar-refractivity contribution < 1.29 is 14.2 Å². The number of rotatable bonds is 4. The van der Waals surface area contributed by atoms with E-state index in [2.05, 4.69) is 15.9 Å². The van der Waals surface area contributed by atoms with Crippen LogP contribution < -0.4 is 4.74 Å². The summed E-state index contributed by atoms with van der Waals surface area (Å²) in [7, 11) is 0. The van der Waals surface area contributed by atoms with E-state index in [-0.39, 0.29) is 5.82 Å². The minimum absolute atomic E-state index is 0.291. The van der Waals surface area contributed by atoms with E-state index in [0.29, 0.717) is 16.8 Å². The Morgan fingerprint density at radius 3 is 2.65 bits per heavy atom. The standard InChI is InChI=1S/C16H16BrFO2/c1-10-3-6-16(14(7-10)11(2)19)20-9-12-4-5-13(18)8-15(12)17/h3-8,11,19H,9H2,1-2H3/t11-/m0/s1. The predicted molar refractivity (Wildman–Crippen MR) is 80.2 cm³/mol. The van der Waals surface area contributed by atoms with Crippen molar-refractivity contribution >= 4 is 15.9 Å². The number of halogens is 2. The number of aliphatic hydroxyl groups is 1. The zero-order chi connectivity index (χ0) is 14.7. The van der Waals surface area contributed by atoms with Crippen molar-refractivity contribution in [3.63, 3.8) is 0 Å². The van der Waals surface area contributed by atoms with Crippen molar-refractivity contribution in [2.24, 2.45) is 0 Å². The summed E-state index contributed by atoms with van der Waals surface area (Å²) in [6, 6.07) is 10.2. The SMILES string of the molecule is Cc1ccc(OCc2ccc(F)cc2Br)c([C@H](C)O)c1. The molecule has 2 aromatic carbocycles. The monoisotopic (exact) mass is 338 g/mol. The third-order valence-corrected chi connectivity index (χ3v) is 3.75. The lowest BCUT2D eigenvalue weighted by atomic mass is 10.1. The molecule has 1 N–H and O–H groups in total. The molecule has 2 nitrogen and oxygen atoms in total. The molecule has 0 amide bonds. The second-order valence-corrected chi connectivity index (χ2v) is 5.60. The van der Waals surface area contributed by atoms with Gasteiger partial charge in [0.25, 0.3) is 0 Å². The Balaban J connectivity index is 2.18. The molecule has 0 saturated heterocycles. The Kier molecular flexibility index (Phi) is 4.78. The lowest BCUT2D eigenvalue weighted by Gasteiger charge is -2.15. The van der Waals surface area contributed by atoms with Gasteiger partial charge in [-0.3, -0.25) is 0 Å². The van der Waals surface area contributed by atoms with E-state index in [0.717, 1.165) is 16.7 Å². The van der Waals surface area contributed by atoms with Gasteiger partial charge in [-0.2, -0.15) is 0 Å². The maximum atomic E-state index is 13.0. The largest absolute Gasteiger partial charge is 0.488 e. The van der Waals surface area contributed by atoms with Gasteiger partial charge >= 0.3 is 0 Å². The van der Waals surface area contributed by atoms with Crippen LogP contribution in [0.15, 0.2) is 40.9 Å². The molecule has 0 aliphatic heterocycles. The van der Waals surface area contributed by atoms with E-state index in [1.54, 1.807) is 13.0 Å². The fourth-order valence-electron chi connectivity index (χ4n) is 1.92. The Morgan fingerprint density at radius 1 is 1.25 bits per heavy atom. The lowest BCUT2D eigenvalue weighted by molar-refractivity contribution is 0.190. The van der Waals surface area contributed by atoms with E-state index in [1.165, 1.54) is 12.1 Å². The Hall–Kier alpha value is -1.39. The van der Waals surface area contributed by atoms with Crippen LogP contribution in [-0.2, 0) is 6.61 Å². The summed E-state index contributed by atoms with van der Waals surface area (Å²) in [4.78, 5) is 0. The zero-order valence-corrected chi connectivity index (χ0v) is 12.9. The van der Waals surface area contributed by atoms with Crippen molar-refractivity contribution in [3.05, 3.63) is 63.4 Å². The molecule has 0 fully saturated rings. The van der Waals surface area contributed by atoms with Crippen LogP contribution in [0.25, 0.3) is 0 Å². The molecule has 0 saturated carbocycles. The van der Waals surface area contributed by atoms with Gasteiger partial charge in [-0.1, -0.05) is 33.6 Å². The highest BCUT2D eigenvalue weighted by Gasteiger charge is 2.10. The molecular formula is C16H16BrFO2. The van der Waals surface area contributed by atoms with Crippen LogP contribution in [0.4, 0.5) is 4.39 Å². The van der Waals surface area contributed by atoms with Crippen LogP contribution in [0.1, 0.15) is 29.7 Å². The quantitative estimate of drug-likeness (QED) is 0.887. The number of ether oxygens (including phenoxy) is 1. The molecule has 0 spiro atoms. The van der Waals surface area contributed by atoms with E-state index in [4.69, 9.17) is 4.74 Å². The van der Waals surface area contributed by atoms with E-state index < -0.39 is 6.10 Å². The second-order valence-electron chi connectivity index (χ2n) is 4.74. The number of benzene rings is 2. The second kappa shape index (κ2) is 6.37. The molecule has 0 bridgehead atoms. The van der Waals surface area contributed by atoms with Crippen molar-refractivity contribution in [3.8, 4) is 5.75 Å². The smallest absolute Gasteiger partial charge is 0.125 e. The number of hydrogen-bond donors (Lipinski definition) is 1. The first-order valence-electron chi connectivity index (χ1n) is 6.32. The Bertz CT molecular complexity index is 611. The summed E-state index contributed by atoms with van der Waals surface area (Å²) in [5, 5.41) is 9.78. The highest BCUT2D eigenvalue weighted by Crippen LogP contribution is 2.28. The van der Waals surface area contributed by atoms with E-state index in [9.17, 15) is 9.50 Å². The molecule has 4 heteroatoms. The highest BCUT2D eigenvalue weighted by molar-refractivity contribution is 9.10. The average molecular weight is 339 g/mol. The number of aryl methyl sites for hydroxylation is 1. The van der Waals surface area contributed by atoms with Gasteiger partial charge in [-0.15, -0.1) is 0 Å². The maximum Gasteiger partial charge on any atom is 0.125 e. The van der Waals surface area contributed by atoms with Gasteiger partial charge in [-0.05, 0) is 38.1 Å². The zero-order valence-electron chi connectivity index (χ0n) is 11.4. The summed E-state index contributed by atoms with van der Waals surface area (Å²) in [5.41, 5.74) is 2.67. The molecule has 1 atom stereocenters. The minimum Gasteiger partial charge on any atom is -0.488 e. The van der Waals surface area contributed by atoms with Crippen LogP contribution in [0.3, 0.4) is 0 Å². The van der Waals surface area contributed by atoms with Crippen LogP contribution in [0.2, 0.25) is 0 Å². The predicted octanol–water partition coefficient (Wildman–Crippen LogP) is 4.53. The van der Waals surface area contributed by atoms with Gasteiger partial charge in [0.15, 0.2) is 0 Å². The molecule has 0 radical (unpaired) electrons. The third kappa shape index (κ3) is 3.58. The van der Waals surface area contributed by atoms with Crippen LogP contribution in [0.5, 0.6) is 5.75 Å². The Labute approximate surface area is 126 Å². The minimum atomic E-state index is -0.596. The first-order chi connectivity index (χ1) is 9.47. The average Bonchev–Trinajstić information content (AvgIpc) is 2.38. The van der Waals surface area contributed by atoms with Crippen molar-refractivity contribution in [2.75, 3.05) is 0 Å². The molecule has 2 rings (SSSR count). The maximum absolute atomic E-state index is 13.0. The van der Waals surface area contributed by atoms with Gasteiger partial charge in [0, 0.05) is 15.6 Å². The van der Waals surface area contributed by atoms with Gasteiger partial charge in [-0.25, -0.2) is 4.39 Å². The third-order valence-electron chi connectivity index (χ3n) is 3.01.